The first-order valence-electron chi connectivity index (χ1n) is 5.30. The van der Waals surface area contributed by atoms with E-state index in [0.717, 1.165) is 0 Å². The molecule has 0 bridgehead atoms. The Labute approximate surface area is 123 Å². The van der Waals surface area contributed by atoms with E-state index in [-0.39, 0.29) is 6.42 Å². The number of hydrogen-bond donors (Lipinski definition) is 3. The molecule has 0 aliphatic heterocycles. The van der Waals surface area contributed by atoms with Crippen LogP contribution in [0.25, 0.3) is 0 Å². The standard InChI is InChI=1S/C12H12BrClN2O3/c1-2-3-9(11(17)18)15-12(19)16-10-6-7(14)4-5-8(10)13/h2,4-6,9H,1,3H2,(H,17,18)(H2,15,16,19). The summed E-state index contributed by atoms with van der Waals surface area (Å²) in [5.74, 6) is -1.12. The average molecular weight is 348 g/mol. The van der Waals surface area contributed by atoms with E-state index >= 15 is 0 Å². The van der Waals surface area contributed by atoms with E-state index in [9.17, 15) is 9.59 Å². The van der Waals surface area contributed by atoms with Gasteiger partial charge in [-0.05, 0) is 40.5 Å². The largest absolute Gasteiger partial charge is 0.480 e. The second kappa shape index (κ2) is 7.16. The molecular formula is C12H12BrClN2O3. The number of anilines is 1. The van der Waals surface area contributed by atoms with Gasteiger partial charge in [-0.25, -0.2) is 9.59 Å². The summed E-state index contributed by atoms with van der Waals surface area (Å²) in [6, 6.07) is 3.24. The topological polar surface area (TPSA) is 78.4 Å². The lowest BCUT2D eigenvalue weighted by Crippen LogP contribution is -2.42. The fraction of sp³-hybridized carbons (Fsp3) is 0.167. The summed E-state index contributed by atoms with van der Waals surface area (Å²) < 4.78 is 0.641. The maximum absolute atomic E-state index is 11.7. The Morgan fingerprint density at radius 1 is 1.53 bits per heavy atom. The van der Waals surface area contributed by atoms with Crippen LogP contribution in [0.5, 0.6) is 0 Å². The molecule has 1 unspecified atom stereocenters. The maximum Gasteiger partial charge on any atom is 0.326 e. The van der Waals surface area contributed by atoms with Gasteiger partial charge in [-0.15, -0.1) is 6.58 Å². The number of carboxylic acids is 1. The Morgan fingerprint density at radius 2 is 2.21 bits per heavy atom. The van der Waals surface area contributed by atoms with Crippen molar-refractivity contribution in [2.75, 3.05) is 5.32 Å². The van der Waals surface area contributed by atoms with Crippen molar-refractivity contribution in [1.29, 1.82) is 0 Å². The van der Waals surface area contributed by atoms with Crippen molar-refractivity contribution >= 4 is 45.2 Å². The number of rotatable bonds is 5. The zero-order valence-corrected chi connectivity index (χ0v) is 12.2. The summed E-state index contributed by atoms with van der Waals surface area (Å²) in [7, 11) is 0. The van der Waals surface area contributed by atoms with Gasteiger partial charge in [-0.2, -0.15) is 0 Å². The molecule has 7 heteroatoms. The maximum atomic E-state index is 11.7. The van der Waals surface area contributed by atoms with E-state index in [1.807, 2.05) is 0 Å². The molecule has 0 heterocycles. The van der Waals surface area contributed by atoms with E-state index in [2.05, 4.69) is 33.1 Å². The summed E-state index contributed by atoms with van der Waals surface area (Å²) in [5, 5.41) is 14.2. The van der Waals surface area contributed by atoms with Gasteiger partial charge in [0.15, 0.2) is 0 Å². The molecule has 0 saturated heterocycles. The van der Waals surface area contributed by atoms with Crippen LogP contribution < -0.4 is 10.6 Å². The van der Waals surface area contributed by atoms with E-state index < -0.39 is 18.0 Å². The molecule has 0 fully saturated rings. The molecule has 0 aliphatic rings. The van der Waals surface area contributed by atoms with Crippen molar-refractivity contribution in [2.24, 2.45) is 0 Å². The van der Waals surface area contributed by atoms with Crippen molar-refractivity contribution in [2.45, 2.75) is 12.5 Å². The molecule has 0 aliphatic carbocycles. The summed E-state index contributed by atoms with van der Waals surface area (Å²) in [5.41, 5.74) is 0.452. The van der Waals surface area contributed by atoms with Gasteiger partial charge in [-0.1, -0.05) is 17.7 Å². The van der Waals surface area contributed by atoms with Crippen LogP contribution in [0.3, 0.4) is 0 Å². The Bertz CT molecular complexity index is 508. The molecule has 0 saturated carbocycles. The second-order valence-corrected chi connectivity index (χ2v) is 4.93. The zero-order valence-electron chi connectivity index (χ0n) is 9.82. The molecule has 1 aromatic carbocycles. The van der Waals surface area contributed by atoms with Gasteiger partial charge in [0.1, 0.15) is 6.04 Å². The minimum atomic E-state index is -1.12. The molecule has 0 aromatic heterocycles. The van der Waals surface area contributed by atoms with Crippen molar-refractivity contribution in [3.63, 3.8) is 0 Å². The molecule has 19 heavy (non-hydrogen) atoms. The van der Waals surface area contributed by atoms with Crippen molar-refractivity contribution < 1.29 is 14.7 Å². The molecule has 5 nitrogen and oxygen atoms in total. The second-order valence-electron chi connectivity index (χ2n) is 3.64. The molecule has 1 aromatic rings. The average Bonchev–Trinajstić information content (AvgIpc) is 2.33. The van der Waals surface area contributed by atoms with Crippen molar-refractivity contribution in [3.05, 3.63) is 40.3 Å². The highest BCUT2D eigenvalue weighted by Gasteiger charge is 2.18. The van der Waals surface area contributed by atoms with Gasteiger partial charge >= 0.3 is 12.0 Å². The third kappa shape index (κ3) is 4.92. The first kappa shape index (κ1) is 15.5. The number of carboxylic acid groups (broad SMARTS) is 1. The molecule has 3 N–H and O–H groups in total. The summed E-state index contributed by atoms with van der Waals surface area (Å²) >= 11 is 9.06. The third-order valence-electron chi connectivity index (χ3n) is 2.18. The van der Waals surface area contributed by atoms with Crippen LogP contribution in [0, 0.1) is 0 Å². The lowest BCUT2D eigenvalue weighted by atomic mass is 10.2. The summed E-state index contributed by atoms with van der Waals surface area (Å²) in [6.45, 7) is 3.44. The van der Waals surface area contributed by atoms with Gasteiger partial charge in [-0.3, -0.25) is 0 Å². The van der Waals surface area contributed by atoms with Crippen LogP contribution in [-0.2, 0) is 4.79 Å². The number of aliphatic carboxylic acids is 1. The smallest absolute Gasteiger partial charge is 0.326 e. The first-order valence-corrected chi connectivity index (χ1v) is 6.47. The van der Waals surface area contributed by atoms with E-state index in [0.29, 0.717) is 15.2 Å². The van der Waals surface area contributed by atoms with Gasteiger partial charge in [0.05, 0.1) is 5.69 Å². The number of urea groups is 1. The van der Waals surface area contributed by atoms with Crippen molar-refractivity contribution in [3.8, 4) is 0 Å². The van der Waals surface area contributed by atoms with E-state index in [4.69, 9.17) is 16.7 Å². The molecule has 0 spiro atoms. The number of hydrogen-bond acceptors (Lipinski definition) is 2. The minimum absolute atomic E-state index is 0.138. The Balaban J connectivity index is 2.71. The van der Waals surface area contributed by atoms with Crippen LogP contribution in [0.1, 0.15) is 6.42 Å². The Hall–Kier alpha value is -1.53. The number of benzene rings is 1. The van der Waals surface area contributed by atoms with Gasteiger partial charge < -0.3 is 15.7 Å². The predicted molar refractivity (Wildman–Crippen MR) is 77.5 cm³/mol. The van der Waals surface area contributed by atoms with Gasteiger partial charge in [0.2, 0.25) is 0 Å². The van der Waals surface area contributed by atoms with Crippen LogP contribution in [0.2, 0.25) is 5.02 Å². The van der Waals surface area contributed by atoms with Crippen LogP contribution in [-0.4, -0.2) is 23.1 Å². The molecular weight excluding hydrogens is 336 g/mol. The van der Waals surface area contributed by atoms with E-state index in [1.54, 1.807) is 18.2 Å². The summed E-state index contributed by atoms with van der Waals surface area (Å²) in [4.78, 5) is 22.6. The highest BCUT2D eigenvalue weighted by Crippen LogP contribution is 2.25. The third-order valence-corrected chi connectivity index (χ3v) is 3.11. The van der Waals surface area contributed by atoms with Crippen LogP contribution in [0.15, 0.2) is 35.3 Å². The molecule has 1 rings (SSSR count). The first-order chi connectivity index (χ1) is 8.93. The predicted octanol–water partition coefficient (Wildman–Crippen LogP) is 3.25. The Morgan fingerprint density at radius 3 is 2.79 bits per heavy atom. The normalized spacial score (nSPS) is 11.5. The molecule has 0 radical (unpaired) electrons. The number of nitrogens with one attached hydrogen (secondary N) is 2. The lowest BCUT2D eigenvalue weighted by Gasteiger charge is -2.14. The molecule has 2 amide bonds. The zero-order chi connectivity index (χ0) is 14.4. The SMILES string of the molecule is C=CCC(NC(=O)Nc1cc(Cl)ccc1Br)C(=O)O. The lowest BCUT2D eigenvalue weighted by molar-refractivity contribution is -0.139. The molecule has 102 valence electrons. The Kier molecular flexibility index (Phi) is 5.85. The number of carbonyl (C=O) groups excluding carboxylic acids is 1. The quantitative estimate of drug-likeness (QED) is 0.715. The monoisotopic (exact) mass is 346 g/mol. The number of halogens is 2. The van der Waals surface area contributed by atoms with Crippen LogP contribution >= 0.6 is 27.5 Å². The fourth-order valence-corrected chi connectivity index (χ4v) is 1.82. The van der Waals surface area contributed by atoms with Gasteiger partial charge in [0, 0.05) is 9.50 Å². The fourth-order valence-electron chi connectivity index (χ4n) is 1.30. The van der Waals surface area contributed by atoms with Crippen molar-refractivity contribution in [1.82, 2.24) is 5.32 Å². The van der Waals surface area contributed by atoms with E-state index in [1.165, 1.54) is 6.08 Å². The van der Waals surface area contributed by atoms with Crippen LogP contribution in [0.4, 0.5) is 10.5 Å². The molecule has 1 atom stereocenters. The number of amides is 2. The summed E-state index contributed by atoms with van der Waals surface area (Å²) in [6.07, 6.45) is 1.56. The minimum Gasteiger partial charge on any atom is -0.480 e. The highest BCUT2D eigenvalue weighted by atomic mass is 79.9. The highest BCUT2D eigenvalue weighted by molar-refractivity contribution is 9.10. The number of carbonyl (C=O) groups is 2. The van der Waals surface area contributed by atoms with Gasteiger partial charge in [0.25, 0.3) is 0 Å².